The molecule has 0 saturated carbocycles. The lowest BCUT2D eigenvalue weighted by atomic mass is 9.97. The summed E-state index contributed by atoms with van der Waals surface area (Å²) in [6.45, 7) is 7.74. The lowest BCUT2D eigenvalue weighted by molar-refractivity contribution is -0.131. The Kier molecular flexibility index (Phi) is 4.84. The Labute approximate surface area is 164 Å². The summed E-state index contributed by atoms with van der Waals surface area (Å²) in [5.74, 6) is 0. The third-order valence-corrected chi connectivity index (χ3v) is 5.77. The van der Waals surface area contributed by atoms with Crippen LogP contribution in [0.15, 0.2) is 24.5 Å². The standard InChI is InChI=1S/C19H25ClN6O/c1-19(12-27-13-19)26-5-3-25(4-6-26)18-8-17(14(9-21)7-16(18)20)23-15-10-22-24(2)11-15/h7-11,21,23H,3-6,12-13H2,1-2H3. The van der Waals surface area contributed by atoms with Crippen molar-refractivity contribution >= 4 is 34.9 Å². The van der Waals surface area contributed by atoms with Gasteiger partial charge in [-0.15, -0.1) is 0 Å². The van der Waals surface area contributed by atoms with Crippen molar-refractivity contribution in [1.29, 1.82) is 5.41 Å². The summed E-state index contributed by atoms with van der Waals surface area (Å²) >= 11 is 6.56. The molecule has 2 aromatic rings. The molecule has 0 aliphatic carbocycles. The van der Waals surface area contributed by atoms with Gasteiger partial charge in [-0.05, 0) is 19.1 Å². The number of aryl methyl sites for hydroxylation is 1. The molecule has 2 aliphatic rings. The van der Waals surface area contributed by atoms with E-state index in [1.807, 2.05) is 25.4 Å². The second-order valence-corrected chi connectivity index (χ2v) is 7.93. The molecule has 2 aliphatic heterocycles. The number of nitrogens with one attached hydrogen (secondary N) is 2. The van der Waals surface area contributed by atoms with Gasteiger partial charge in [0.25, 0.3) is 0 Å². The zero-order valence-electron chi connectivity index (χ0n) is 15.7. The Balaban J connectivity index is 1.54. The molecular formula is C19H25ClN6O. The molecule has 1 aromatic carbocycles. The molecule has 2 N–H and O–H groups in total. The van der Waals surface area contributed by atoms with Crippen molar-refractivity contribution in [1.82, 2.24) is 14.7 Å². The molecule has 2 saturated heterocycles. The van der Waals surface area contributed by atoms with Gasteiger partial charge in [0, 0.05) is 56.9 Å². The van der Waals surface area contributed by atoms with E-state index in [0.717, 1.165) is 62.0 Å². The molecule has 27 heavy (non-hydrogen) atoms. The highest BCUT2D eigenvalue weighted by molar-refractivity contribution is 6.33. The van der Waals surface area contributed by atoms with Gasteiger partial charge in [-0.3, -0.25) is 9.58 Å². The van der Waals surface area contributed by atoms with E-state index in [9.17, 15) is 0 Å². The third kappa shape index (κ3) is 3.54. The molecule has 0 spiro atoms. The third-order valence-electron chi connectivity index (χ3n) is 5.47. The summed E-state index contributed by atoms with van der Waals surface area (Å²) in [7, 11) is 1.88. The van der Waals surface area contributed by atoms with Crippen LogP contribution in [0.25, 0.3) is 0 Å². The molecule has 2 fully saturated rings. The number of halogens is 1. The minimum atomic E-state index is 0.187. The summed E-state index contributed by atoms with van der Waals surface area (Å²) in [4.78, 5) is 4.84. The minimum Gasteiger partial charge on any atom is -0.377 e. The SMILES string of the molecule is Cn1cc(Nc2cc(N3CCN(C4(C)COC4)CC3)c(Cl)cc2C=N)cn1. The first kappa shape index (κ1) is 18.3. The molecule has 7 nitrogen and oxygen atoms in total. The number of piperazine rings is 1. The molecule has 4 rings (SSSR count). The van der Waals surface area contributed by atoms with Crippen molar-refractivity contribution in [2.24, 2.45) is 7.05 Å². The quantitative estimate of drug-likeness (QED) is 0.771. The van der Waals surface area contributed by atoms with Crippen LogP contribution in [0.5, 0.6) is 0 Å². The fourth-order valence-electron chi connectivity index (χ4n) is 3.76. The van der Waals surface area contributed by atoms with Crippen molar-refractivity contribution < 1.29 is 4.74 Å². The van der Waals surface area contributed by atoms with Crippen LogP contribution in [0.1, 0.15) is 12.5 Å². The van der Waals surface area contributed by atoms with Gasteiger partial charge in [-0.1, -0.05) is 11.6 Å². The molecule has 144 valence electrons. The van der Waals surface area contributed by atoms with E-state index in [0.29, 0.717) is 5.02 Å². The first-order valence-corrected chi connectivity index (χ1v) is 9.54. The number of anilines is 3. The second kappa shape index (κ2) is 7.14. The Bertz CT molecular complexity index is 839. The molecule has 3 heterocycles. The first-order chi connectivity index (χ1) is 13.0. The van der Waals surface area contributed by atoms with Crippen molar-refractivity contribution in [3.63, 3.8) is 0 Å². The number of ether oxygens (including phenoxy) is 1. The van der Waals surface area contributed by atoms with E-state index in [2.05, 4.69) is 27.1 Å². The van der Waals surface area contributed by atoms with Crippen LogP contribution < -0.4 is 10.2 Å². The van der Waals surface area contributed by atoms with E-state index >= 15 is 0 Å². The normalized spacial score (nSPS) is 19.6. The van der Waals surface area contributed by atoms with Gasteiger partial charge in [0.2, 0.25) is 0 Å². The molecule has 0 radical (unpaired) electrons. The minimum absolute atomic E-state index is 0.187. The smallest absolute Gasteiger partial charge is 0.0770 e. The summed E-state index contributed by atoms with van der Waals surface area (Å²) in [5, 5.41) is 15.9. The summed E-state index contributed by atoms with van der Waals surface area (Å²) in [6, 6.07) is 3.90. The Morgan fingerprint density at radius 1 is 1.26 bits per heavy atom. The maximum absolute atomic E-state index is 7.71. The molecule has 0 atom stereocenters. The summed E-state index contributed by atoms with van der Waals surface area (Å²) in [5.41, 5.74) is 3.69. The van der Waals surface area contributed by atoms with Gasteiger partial charge in [0.1, 0.15) is 0 Å². The van der Waals surface area contributed by atoms with Crippen molar-refractivity contribution in [3.05, 3.63) is 35.1 Å². The van der Waals surface area contributed by atoms with Crippen LogP contribution in [-0.2, 0) is 11.8 Å². The van der Waals surface area contributed by atoms with E-state index < -0.39 is 0 Å². The predicted octanol–water partition coefficient (Wildman–Crippen LogP) is 2.73. The fourth-order valence-corrected chi connectivity index (χ4v) is 4.05. The lowest BCUT2D eigenvalue weighted by Crippen LogP contribution is -2.64. The number of hydrogen-bond acceptors (Lipinski definition) is 6. The van der Waals surface area contributed by atoms with Crippen molar-refractivity contribution in [2.45, 2.75) is 12.5 Å². The number of nitrogens with zero attached hydrogens (tertiary/aromatic N) is 4. The van der Waals surface area contributed by atoms with Gasteiger partial charge in [-0.2, -0.15) is 5.10 Å². The van der Waals surface area contributed by atoms with Crippen LogP contribution in [0.2, 0.25) is 5.02 Å². The van der Waals surface area contributed by atoms with Gasteiger partial charge in [0.15, 0.2) is 0 Å². The van der Waals surface area contributed by atoms with Gasteiger partial charge >= 0.3 is 0 Å². The number of hydrogen-bond donors (Lipinski definition) is 2. The van der Waals surface area contributed by atoms with E-state index in [1.165, 1.54) is 6.21 Å². The highest BCUT2D eigenvalue weighted by Gasteiger charge is 2.40. The lowest BCUT2D eigenvalue weighted by Gasteiger charge is -2.50. The van der Waals surface area contributed by atoms with Crippen LogP contribution in [0.4, 0.5) is 17.1 Å². The van der Waals surface area contributed by atoms with Gasteiger partial charge in [-0.25, -0.2) is 0 Å². The van der Waals surface area contributed by atoms with Crippen LogP contribution in [0, 0.1) is 5.41 Å². The van der Waals surface area contributed by atoms with Gasteiger partial charge in [0.05, 0.1) is 41.3 Å². The average molecular weight is 389 g/mol. The molecule has 0 amide bonds. The monoisotopic (exact) mass is 388 g/mol. The van der Waals surface area contributed by atoms with E-state index in [-0.39, 0.29) is 5.54 Å². The summed E-state index contributed by atoms with van der Waals surface area (Å²) in [6.07, 6.45) is 4.99. The predicted molar refractivity (Wildman–Crippen MR) is 109 cm³/mol. The van der Waals surface area contributed by atoms with Crippen molar-refractivity contribution in [2.75, 3.05) is 49.6 Å². The molecule has 8 heteroatoms. The zero-order valence-corrected chi connectivity index (χ0v) is 16.5. The molecule has 1 aromatic heterocycles. The van der Waals surface area contributed by atoms with Crippen molar-refractivity contribution in [3.8, 4) is 0 Å². The Hall–Kier alpha value is -2.09. The Morgan fingerprint density at radius 3 is 2.56 bits per heavy atom. The number of rotatable bonds is 5. The zero-order chi connectivity index (χ0) is 19.0. The Morgan fingerprint density at radius 2 is 2.00 bits per heavy atom. The van der Waals surface area contributed by atoms with Gasteiger partial charge < -0.3 is 20.4 Å². The summed E-state index contributed by atoms with van der Waals surface area (Å²) < 4.78 is 7.15. The number of benzene rings is 1. The maximum atomic E-state index is 7.71. The molecule has 0 unspecified atom stereocenters. The highest BCUT2D eigenvalue weighted by Crippen LogP contribution is 2.34. The molecular weight excluding hydrogens is 364 g/mol. The van der Waals surface area contributed by atoms with E-state index in [4.69, 9.17) is 21.7 Å². The topological polar surface area (TPSA) is 69.4 Å². The highest BCUT2D eigenvalue weighted by atomic mass is 35.5. The van der Waals surface area contributed by atoms with Crippen LogP contribution in [-0.4, -0.2) is 65.8 Å². The second-order valence-electron chi connectivity index (χ2n) is 7.53. The molecule has 0 bridgehead atoms. The number of aromatic nitrogens is 2. The van der Waals surface area contributed by atoms with E-state index in [1.54, 1.807) is 10.9 Å². The van der Waals surface area contributed by atoms with Crippen LogP contribution in [0.3, 0.4) is 0 Å². The largest absolute Gasteiger partial charge is 0.377 e. The van der Waals surface area contributed by atoms with Crippen LogP contribution >= 0.6 is 11.6 Å². The maximum Gasteiger partial charge on any atom is 0.0770 e. The average Bonchev–Trinajstić information content (AvgIpc) is 3.06. The fraction of sp³-hybridized carbons (Fsp3) is 0.474. The first-order valence-electron chi connectivity index (χ1n) is 9.16.